The summed E-state index contributed by atoms with van der Waals surface area (Å²) in [5.41, 5.74) is 0.852. The van der Waals surface area contributed by atoms with Crippen LogP contribution in [0.2, 0.25) is 0 Å². The molecule has 0 saturated carbocycles. The fourth-order valence-corrected chi connectivity index (χ4v) is 5.90. The molecule has 2 aliphatic heterocycles. The van der Waals surface area contributed by atoms with Crippen molar-refractivity contribution in [3.63, 3.8) is 0 Å². The molecule has 2 aromatic heterocycles. The van der Waals surface area contributed by atoms with Crippen LogP contribution in [0.5, 0.6) is 0 Å². The Morgan fingerprint density at radius 2 is 2.40 bits per heavy atom. The van der Waals surface area contributed by atoms with Crippen molar-refractivity contribution in [1.82, 2.24) is 15.2 Å². The monoisotopic (exact) mass is 377 g/mol. The first-order chi connectivity index (χ1) is 12.2. The van der Waals surface area contributed by atoms with Crippen molar-refractivity contribution in [3.05, 3.63) is 28.3 Å². The summed E-state index contributed by atoms with van der Waals surface area (Å²) in [6, 6.07) is 4.54. The molecule has 25 heavy (non-hydrogen) atoms. The number of carbonyl (C=O) groups excluding carboxylic acids is 1. The molecule has 1 amide bonds. The zero-order valence-corrected chi connectivity index (χ0v) is 16.0. The Labute approximate surface area is 156 Å². The molecule has 0 radical (unpaired) electrons. The highest BCUT2D eigenvalue weighted by Gasteiger charge is 2.34. The maximum absolute atomic E-state index is 12.6. The summed E-state index contributed by atoms with van der Waals surface area (Å²) in [6.07, 6.45) is 4.26. The molecule has 2 unspecified atom stereocenters. The van der Waals surface area contributed by atoms with Crippen molar-refractivity contribution >= 4 is 29.0 Å². The zero-order valence-electron chi connectivity index (χ0n) is 14.4. The van der Waals surface area contributed by atoms with Gasteiger partial charge in [0, 0.05) is 35.0 Å². The molecule has 0 bridgehead atoms. The number of rotatable bonds is 4. The lowest BCUT2D eigenvalue weighted by molar-refractivity contribution is -0.121. The molecule has 4 rings (SSSR count). The molecule has 1 N–H and O–H groups in total. The molecule has 2 aliphatic rings. The van der Waals surface area contributed by atoms with E-state index >= 15 is 0 Å². The van der Waals surface area contributed by atoms with E-state index in [0.29, 0.717) is 12.5 Å². The Morgan fingerprint density at radius 1 is 1.48 bits per heavy atom. The third-order valence-electron chi connectivity index (χ3n) is 4.96. The Kier molecular flexibility index (Phi) is 5.15. The van der Waals surface area contributed by atoms with Crippen molar-refractivity contribution in [1.29, 1.82) is 0 Å². The van der Waals surface area contributed by atoms with Crippen LogP contribution in [-0.4, -0.2) is 52.5 Å². The zero-order chi connectivity index (χ0) is 17.2. The smallest absolute Gasteiger partial charge is 0.227 e. The summed E-state index contributed by atoms with van der Waals surface area (Å²) in [7, 11) is 0. The number of thioether (sulfide) groups is 1. The topological polar surface area (TPSA) is 58.4 Å². The summed E-state index contributed by atoms with van der Waals surface area (Å²) in [5.74, 6) is 3.19. The molecular formula is C18H23N3O2S2. The second-order valence-corrected chi connectivity index (χ2v) is 9.10. The van der Waals surface area contributed by atoms with E-state index in [1.54, 1.807) is 17.6 Å². The molecular weight excluding hydrogens is 354 g/mol. The van der Waals surface area contributed by atoms with Gasteiger partial charge in [-0.2, -0.15) is 11.8 Å². The Hall–Kier alpha value is -1.31. The lowest BCUT2D eigenvalue weighted by Gasteiger charge is -2.44. The first-order valence-corrected chi connectivity index (χ1v) is 10.8. The van der Waals surface area contributed by atoms with E-state index < -0.39 is 0 Å². The fourth-order valence-electron chi connectivity index (χ4n) is 3.74. The molecule has 2 saturated heterocycles. The van der Waals surface area contributed by atoms with Crippen LogP contribution in [0.1, 0.15) is 22.7 Å². The number of amides is 1. The fraction of sp³-hybridized carbons (Fsp3) is 0.556. The molecule has 5 nitrogen and oxygen atoms in total. The molecule has 2 aromatic rings. The van der Waals surface area contributed by atoms with Crippen molar-refractivity contribution in [2.45, 2.75) is 38.3 Å². The van der Waals surface area contributed by atoms with Gasteiger partial charge in [0.15, 0.2) is 5.76 Å². The summed E-state index contributed by atoms with van der Waals surface area (Å²) in [6.45, 7) is 4.35. The molecule has 0 spiro atoms. The second-order valence-electron chi connectivity index (χ2n) is 6.66. The van der Waals surface area contributed by atoms with E-state index in [1.807, 2.05) is 30.8 Å². The standard InChI is InChI=1S/C18H23N3O2S2/c1-12-18(15-5-3-8-23-15)20-17(25-12)10-16(22)19-13-4-2-6-21-7-9-24-11-14(13)21/h3,5,8,13-14H,2,4,6-7,9-11H2,1H3,(H,19,22). The molecule has 7 heteroatoms. The highest BCUT2D eigenvalue weighted by atomic mass is 32.2. The molecule has 0 aromatic carbocycles. The largest absolute Gasteiger partial charge is 0.463 e. The van der Waals surface area contributed by atoms with Crippen LogP contribution >= 0.6 is 23.1 Å². The van der Waals surface area contributed by atoms with Gasteiger partial charge in [-0.3, -0.25) is 9.69 Å². The summed E-state index contributed by atoms with van der Waals surface area (Å²) < 4.78 is 5.44. The predicted octanol–water partition coefficient (Wildman–Crippen LogP) is 2.95. The average molecular weight is 378 g/mol. The van der Waals surface area contributed by atoms with E-state index in [9.17, 15) is 4.79 Å². The first-order valence-electron chi connectivity index (χ1n) is 8.82. The van der Waals surface area contributed by atoms with Crippen molar-refractivity contribution in [2.75, 3.05) is 24.6 Å². The minimum atomic E-state index is 0.0853. The number of aryl methyl sites for hydroxylation is 1. The lowest BCUT2D eigenvalue weighted by Crippen LogP contribution is -2.58. The van der Waals surface area contributed by atoms with Gasteiger partial charge in [-0.15, -0.1) is 11.3 Å². The molecule has 134 valence electrons. The van der Waals surface area contributed by atoms with E-state index in [2.05, 4.69) is 15.2 Å². The van der Waals surface area contributed by atoms with Crippen molar-refractivity contribution in [3.8, 4) is 11.5 Å². The van der Waals surface area contributed by atoms with Crippen LogP contribution in [-0.2, 0) is 11.2 Å². The van der Waals surface area contributed by atoms with E-state index in [1.165, 1.54) is 18.7 Å². The third-order valence-corrected chi connectivity index (χ3v) is 6.98. The maximum atomic E-state index is 12.6. The van der Waals surface area contributed by atoms with Gasteiger partial charge in [-0.25, -0.2) is 4.98 Å². The van der Waals surface area contributed by atoms with Gasteiger partial charge < -0.3 is 9.73 Å². The van der Waals surface area contributed by atoms with Crippen LogP contribution in [0.25, 0.3) is 11.5 Å². The number of carbonyl (C=O) groups is 1. The van der Waals surface area contributed by atoms with Gasteiger partial charge in [-0.05, 0) is 38.4 Å². The number of furan rings is 1. The second kappa shape index (κ2) is 7.51. The summed E-state index contributed by atoms with van der Waals surface area (Å²) >= 11 is 3.58. The van der Waals surface area contributed by atoms with Gasteiger partial charge in [0.2, 0.25) is 5.91 Å². The summed E-state index contributed by atoms with van der Waals surface area (Å²) in [5, 5.41) is 4.13. The predicted molar refractivity (Wildman–Crippen MR) is 102 cm³/mol. The van der Waals surface area contributed by atoms with Gasteiger partial charge in [0.05, 0.1) is 12.7 Å². The van der Waals surface area contributed by atoms with E-state index in [-0.39, 0.29) is 11.9 Å². The van der Waals surface area contributed by atoms with Gasteiger partial charge in [-0.1, -0.05) is 0 Å². The Balaban J connectivity index is 1.40. The molecule has 2 atom stereocenters. The minimum absolute atomic E-state index is 0.0853. The minimum Gasteiger partial charge on any atom is -0.463 e. The van der Waals surface area contributed by atoms with Crippen LogP contribution in [0.15, 0.2) is 22.8 Å². The number of fused-ring (bicyclic) bond motifs is 1. The highest BCUT2D eigenvalue weighted by molar-refractivity contribution is 7.99. The summed E-state index contributed by atoms with van der Waals surface area (Å²) in [4.78, 5) is 20.8. The average Bonchev–Trinajstić information content (AvgIpc) is 3.25. The normalized spacial score (nSPS) is 24.0. The number of hydrogen-bond acceptors (Lipinski definition) is 6. The lowest BCUT2D eigenvalue weighted by atomic mass is 9.97. The number of aromatic nitrogens is 1. The maximum Gasteiger partial charge on any atom is 0.227 e. The molecule has 4 heterocycles. The van der Waals surface area contributed by atoms with Crippen LogP contribution in [0.3, 0.4) is 0 Å². The van der Waals surface area contributed by atoms with Gasteiger partial charge in [0.25, 0.3) is 0 Å². The first kappa shape index (κ1) is 17.1. The molecule has 2 fully saturated rings. The van der Waals surface area contributed by atoms with Crippen molar-refractivity contribution < 1.29 is 9.21 Å². The SMILES string of the molecule is Cc1sc(CC(=O)NC2CCCN3CCSCC23)nc1-c1ccco1. The number of piperidine rings is 1. The molecule has 0 aliphatic carbocycles. The number of nitrogens with one attached hydrogen (secondary N) is 1. The van der Waals surface area contributed by atoms with Crippen LogP contribution in [0, 0.1) is 6.92 Å². The number of thiazole rings is 1. The van der Waals surface area contributed by atoms with Crippen molar-refractivity contribution in [2.24, 2.45) is 0 Å². The van der Waals surface area contributed by atoms with E-state index in [4.69, 9.17) is 4.42 Å². The van der Waals surface area contributed by atoms with Crippen LogP contribution in [0.4, 0.5) is 0 Å². The number of nitrogens with zero attached hydrogens (tertiary/aromatic N) is 2. The Morgan fingerprint density at radius 3 is 3.24 bits per heavy atom. The third kappa shape index (κ3) is 3.78. The van der Waals surface area contributed by atoms with Gasteiger partial charge >= 0.3 is 0 Å². The Bertz CT molecular complexity index is 727. The highest BCUT2D eigenvalue weighted by Crippen LogP contribution is 2.29. The number of hydrogen-bond donors (Lipinski definition) is 1. The van der Waals surface area contributed by atoms with E-state index in [0.717, 1.165) is 40.1 Å². The quantitative estimate of drug-likeness (QED) is 0.888. The van der Waals surface area contributed by atoms with Crippen LogP contribution < -0.4 is 5.32 Å². The van der Waals surface area contributed by atoms with Gasteiger partial charge in [0.1, 0.15) is 10.7 Å².